The third-order valence-corrected chi connectivity index (χ3v) is 6.91. The van der Waals surface area contributed by atoms with E-state index in [1.54, 1.807) is 32.4 Å². The number of aliphatic hydroxyl groups is 1. The van der Waals surface area contributed by atoms with Crippen LogP contribution in [0.4, 0.5) is 5.82 Å². The van der Waals surface area contributed by atoms with Crippen molar-refractivity contribution < 1.29 is 23.0 Å². The summed E-state index contributed by atoms with van der Waals surface area (Å²) in [4.78, 5) is 8.79. The van der Waals surface area contributed by atoms with E-state index in [1.165, 1.54) is 6.33 Å². The van der Waals surface area contributed by atoms with Gasteiger partial charge in [-0.15, -0.1) is 0 Å². The van der Waals surface area contributed by atoms with Crippen LogP contribution in [0.3, 0.4) is 0 Å². The summed E-state index contributed by atoms with van der Waals surface area (Å²) in [7, 11) is -0.732. The van der Waals surface area contributed by atoms with Crippen molar-refractivity contribution in [2.24, 2.45) is 0 Å². The van der Waals surface area contributed by atoms with E-state index < -0.39 is 10.0 Å². The number of ether oxygens (including phenoxy) is 2. The summed E-state index contributed by atoms with van der Waals surface area (Å²) in [6, 6.07) is 12.3. The van der Waals surface area contributed by atoms with Gasteiger partial charge >= 0.3 is 0 Å². The summed E-state index contributed by atoms with van der Waals surface area (Å²) < 4.78 is 39.8. The van der Waals surface area contributed by atoms with E-state index in [-0.39, 0.29) is 17.3 Å². The molecule has 9 heteroatoms. The third-order valence-electron chi connectivity index (χ3n) is 5.56. The third kappa shape index (κ3) is 6.03. The van der Waals surface area contributed by atoms with Crippen molar-refractivity contribution in [3.05, 3.63) is 71.2 Å². The monoisotopic (exact) mass is 485 g/mol. The molecule has 34 heavy (non-hydrogen) atoms. The number of hydrogen-bond donors (Lipinski definition) is 2. The molecule has 0 saturated carbocycles. The Morgan fingerprint density at radius 3 is 2.38 bits per heavy atom. The second kappa shape index (κ2) is 11.3. The number of nitrogens with one attached hydrogen (secondary N) is 1. The molecule has 1 heterocycles. The van der Waals surface area contributed by atoms with Crippen LogP contribution in [0.25, 0.3) is 0 Å². The van der Waals surface area contributed by atoms with Crippen LogP contribution in [0.1, 0.15) is 48.6 Å². The molecule has 0 atom stereocenters. The number of anilines is 1. The number of sulfonamides is 1. The van der Waals surface area contributed by atoms with Crippen molar-refractivity contribution in [3.8, 4) is 11.5 Å². The normalized spacial score (nSPS) is 11.5. The molecule has 3 rings (SSSR count). The molecule has 0 unspecified atom stereocenters. The van der Waals surface area contributed by atoms with E-state index in [0.717, 1.165) is 11.1 Å². The highest BCUT2D eigenvalue weighted by molar-refractivity contribution is 7.92. The minimum atomic E-state index is -3.88. The Kier molecular flexibility index (Phi) is 8.46. The van der Waals surface area contributed by atoms with Crippen molar-refractivity contribution in [2.75, 3.05) is 25.5 Å². The Bertz CT molecular complexity index is 1210. The van der Waals surface area contributed by atoms with Crippen LogP contribution in [-0.2, 0) is 22.9 Å². The van der Waals surface area contributed by atoms with E-state index in [2.05, 4.69) is 28.5 Å². The molecule has 0 saturated heterocycles. The fourth-order valence-corrected chi connectivity index (χ4v) is 4.63. The van der Waals surface area contributed by atoms with Crippen molar-refractivity contribution in [2.45, 2.75) is 43.9 Å². The number of aliphatic hydroxyl groups excluding tert-OH is 1. The van der Waals surface area contributed by atoms with Gasteiger partial charge in [0.15, 0.2) is 0 Å². The topological polar surface area (TPSA) is 111 Å². The lowest BCUT2D eigenvalue weighted by molar-refractivity contribution is 0.288. The Balaban J connectivity index is 2.01. The average molecular weight is 486 g/mol. The van der Waals surface area contributed by atoms with E-state index >= 15 is 0 Å². The lowest BCUT2D eigenvalue weighted by Gasteiger charge is -2.17. The van der Waals surface area contributed by atoms with E-state index in [0.29, 0.717) is 47.9 Å². The summed E-state index contributed by atoms with van der Waals surface area (Å²) >= 11 is 0. The summed E-state index contributed by atoms with van der Waals surface area (Å²) in [5.41, 5.74) is 3.17. The molecule has 0 aliphatic carbocycles. The number of nitrogens with zero attached hydrogens (tertiary/aromatic N) is 2. The predicted molar refractivity (Wildman–Crippen MR) is 131 cm³/mol. The van der Waals surface area contributed by atoms with E-state index in [9.17, 15) is 13.5 Å². The van der Waals surface area contributed by atoms with Gasteiger partial charge in [-0.2, -0.15) is 0 Å². The molecule has 0 amide bonds. The SMILES string of the molecule is COc1ccc(Cc2c(CCCO)ncnc2NS(=O)(=O)c2ccc(C(C)C)cc2)c(OC)c1. The fraction of sp³-hybridized carbons (Fsp3) is 0.360. The van der Waals surface area contributed by atoms with Gasteiger partial charge in [-0.05, 0) is 48.1 Å². The zero-order valence-corrected chi connectivity index (χ0v) is 20.7. The van der Waals surface area contributed by atoms with Crippen molar-refractivity contribution in [3.63, 3.8) is 0 Å². The van der Waals surface area contributed by atoms with Gasteiger partial charge in [0.1, 0.15) is 23.6 Å². The van der Waals surface area contributed by atoms with Gasteiger partial charge in [-0.1, -0.05) is 32.0 Å². The predicted octanol–water partition coefficient (Wildman–Crippen LogP) is 3.93. The molecule has 1 aromatic heterocycles. The standard InChI is InChI=1S/C25H31N3O5S/c1-17(2)18-8-11-21(12-9-18)34(30,31)28-25-22(23(6-5-13-29)26-16-27-25)14-19-7-10-20(32-3)15-24(19)33-4/h7-12,15-17,29H,5-6,13-14H2,1-4H3,(H,26,27,28). The minimum absolute atomic E-state index is 0.00143. The average Bonchev–Trinajstić information content (AvgIpc) is 2.84. The number of hydrogen-bond acceptors (Lipinski definition) is 7. The molecular weight excluding hydrogens is 454 g/mol. The van der Waals surface area contributed by atoms with Gasteiger partial charge in [0.2, 0.25) is 0 Å². The minimum Gasteiger partial charge on any atom is -0.497 e. The number of aryl methyl sites for hydroxylation is 1. The first-order valence-electron chi connectivity index (χ1n) is 11.1. The number of benzene rings is 2. The maximum Gasteiger partial charge on any atom is 0.263 e. The molecule has 0 aliphatic heterocycles. The molecule has 182 valence electrons. The molecule has 8 nitrogen and oxygen atoms in total. The van der Waals surface area contributed by atoms with Crippen molar-refractivity contribution >= 4 is 15.8 Å². The first-order chi connectivity index (χ1) is 16.3. The lowest BCUT2D eigenvalue weighted by atomic mass is 10.0. The molecular formula is C25H31N3O5S. The lowest BCUT2D eigenvalue weighted by Crippen LogP contribution is -2.17. The van der Waals surface area contributed by atoms with Gasteiger partial charge in [-0.25, -0.2) is 18.4 Å². The highest BCUT2D eigenvalue weighted by atomic mass is 32.2. The molecule has 3 aromatic rings. The van der Waals surface area contributed by atoms with Gasteiger partial charge in [0.05, 0.1) is 19.1 Å². The molecule has 0 bridgehead atoms. The smallest absolute Gasteiger partial charge is 0.263 e. The van der Waals surface area contributed by atoms with Crippen molar-refractivity contribution in [1.82, 2.24) is 9.97 Å². The van der Waals surface area contributed by atoms with Crippen LogP contribution >= 0.6 is 0 Å². The zero-order chi connectivity index (χ0) is 24.7. The van der Waals surface area contributed by atoms with Crippen LogP contribution in [-0.4, -0.2) is 44.3 Å². The van der Waals surface area contributed by atoms with Crippen LogP contribution in [0.15, 0.2) is 53.7 Å². The summed E-state index contributed by atoms with van der Waals surface area (Å²) in [6.45, 7) is 4.10. The van der Waals surface area contributed by atoms with E-state index in [1.807, 2.05) is 24.3 Å². The van der Waals surface area contributed by atoms with Crippen LogP contribution in [0.2, 0.25) is 0 Å². The summed E-state index contributed by atoms with van der Waals surface area (Å²) in [5, 5.41) is 9.33. The van der Waals surface area contributed by atoms with Gasteiger partial charge in [0.25, 0.3) is 10.0 Å². The molecule has 0 radical (unpaired) electrons. The number of rotatable bonds is 11. The number of methoxy groups -OCH3 is 2. The summed E-state index contributed by atoms with van der Waals surface area (Å²) in [5.74, 6) is 1.76. The van der Waals surface area contributed by atoms with Gasteiger partial charge in [-0.3, -0.25) is 4.72 Å². The highest BCUT2D eigenvalue weighted by Gasteiger charge is 2.21. The highest BCUT2D eigenvalue weighted by Crippen LogP contribution is 2.30. The Labute approximate surface area is 201 Å². The van der Waals surface area contributed by atoms with E-state index in [4.69, 9.17) is 9.47 Å². The Morgan fingerprint density at radius 1 is 1.03 bits per heavy atom. The molecule has 0 fully saturated rings. The van der Waals surface area contributed by atoms with Crippen LogP contribution in [0.5, 0.6) is 11.5 Å². The maximum absolute atomic E-state index is 13.2. The molecule has 0 spiro atoms. The molecule has 2 aromatic carbocycles. The second-order valence-corrected chi connectivity index (χ2v) is 9.84. The largest absolute Gasteiger partial charge is 0.497 e. The van der Waals surface area contributed by atoms with Gasteiger partial charge in [0, 0.05) is 30.4 Å². The quantitative estimate of drug-likeness (QED) is 0.423. The fourth-order valence-electron chi connectivity index (χ4n) is 3.59. The first kappa shape index (κ1) is 25.5. The van der Waals surface area contributed by atoms with Crippen LogP contribution < -0.4 is 14.2 Å². The number of aromatic nitrogens is 2. The maximum atomic E-state index is 13.2. The molecule has 2 N–H and O–H groups in total. The van der Waals surface area contributed by atoms with Crippen LogP contribution in [0, 0.1) is 0 Å². The molecule has 0 aliphatic rings. The summed E-state index contributed by atoms with van der Waals surface area (Å²) in [6.07, 6.45) is 2.64. The second-order valence-electron chi connectivity index (χ2n) is 8.16. The first-order valence-corrected chi connectivity index (χ1v) is 12.5. The van der Waals surface area contributed by atoms with Gasteiger partial charge < -0.3 is 14.6 Å². The zero-order valence-electron chi connectivity index (χ0n) is 19.9. The Hall–Kier alpha value is -3.17. The van der Waals surface area contributed by atoms with Crippen molar-refractivity contribution in [1.29, 1.82) is 0 Å². The Morgan fingerprint density at radius 2 is 1.76 bits per heavy atom.